The van der Waals surface area contributed by atoms with E-state index in [4.69, 9.17) is 15.6 Å². The summed E-state index contributed by atoms with van der Waals surface area (Å²) in [5.74, 6) is -0.913. The molecular formula is C11H17N3O4. The van der Waals surface area contributed by atoms with Crippen LogP contribution in [0.15, 0.2) is 4.79 Å². The molecule has 1 aromatic heterocycles. The van der Waals surface area contributed by atoms with Crippen LogP contribution in [0.4, 0.5) is 5.82 Å². The summed E-state index contributed by atoms with van der Waals surface area (Å²) in [6, 6.07) is 0. The van der Waals surface area contributed by atoms with E-state index >= 15 is 0 Å². The summed E-state index contributed by atoms with van der Waals surface area (Å²) < 4.78 is 5.30. The molecule has 0 saturated heterocycles. The number of methoxy groups -OCH3 is 1. The second-order valence-corrected chi connectivity index (χ2v) is 4.14. The van der Waals surface area contributed by atoms with Crippen LogP contribution in [-0.4, -0.2) is 28.2 Å². The lowest BCUT2D eigenvalue weighted by atomic mass is 10.0. The van der Waals surface area contributed by atoms with Gasteiger partial charge in [0.25, 0.3) is 5.56 Å². The molecule has 4 N–H and O–H groups in total. The molecule has 1 rings (SSSR count). The molecule has 0 aliphatic rings. The molecular weight excluding hydrogens is 238 g/mol. The number of hydrogen-bond acceptors (Lipinski definition) is 5. The van der Waals surface area contributed by atoms with Gasteiger partial charge in [0.05, 0.1) is 12.0 Å². The molecule has 100 valence electrons. The van der Waals surface area contributed by atoms with E-state index in [1.807, 2.05) is 6.92 Å². The predicted octanol–water partition coefficient (Wildman–Crippen LogP) is 0.251. The maximum Gasteiger partial charge on any atom is 0.308 e. The number of nitrogen functional groups attached to an aromatic ring is 1. The van der Waals surface area contributed by atoms with Gasteiger partial charge in [-0.15, -0.1) is 0 Å². The van der Waals surface area contributed by atoms with Crippen molar-refractivity contribution in [3.8, 4) is 0 Å². The number of nitrogens with one attached hydrogen (secondary N) is 1. The molecule has 0 aliphatic heterocycles. The van der Waals surface area contributed by atoms with Gasteiger partial charge in [0, 0.05) is 7.11 Å². The number of carboxylic acid groups (broad SMARTS) is 1. The van der Waals surface area contributed by atoms with E-state index in [1.165, 1.54) is 7.11 Å². The van der Waals surface area contributed by atoms with Crippen molar-refractivity contribution in [3.63, 3.8) is 0 Å². The van der Waals surface area contributed by atoms with Crippen LogP contribution < -0.4 is 11.3 Å². The largest absolute Gasteiger partial charge is 0.481 e. The molecule has 7 heteroatoms. The fourth-order valence-corrected chi connectivity index (χ4v) is 1.50. The SMILES string of the molecule is CCC(C)(OC)c1nc(N)c(CC(=O)O)c(=O)[nH]1. The van der Waals surface area contributed by atoms with Crippen molar-refractivity contribution in [1.29, 1.82) is 0 Å². The minimum absolute atomic E-state index is 0.0409. The quantitative estimate of drug-likeness (QED) is 0.694. The molecule has 0 saturated carbocycles. The number of H-pyrrole nitrogens is 1. The molecule has 0 aromatic carbocycles. The Morgan fingerprint density at radius 1 is 1.61 bits per heavy atom. The molecule has 0 fully saturated rings. The van der Waals surface area contributed by atoms with Gasteiger partial charge in [-0.05, 0) is 13.3 Å². The van der Waals surface area contributed by atoms with Gasteiger partial charge in [-0.3, -0.25) is 9.59 Å². The summed E-state index contributed by atoms with van der Waals surface area (Å²) in [7, 11) is 1.50. The molecule has 0 spiro atoms. The van der Waals surface area contributed by atoms with E-state index in [1.54, 1.807) is 6.92 Å². The number of ether oxygens (including phenoxy) is 1. The first-order valence-electron chi connectivity index (χ1n) is 5.50. The van der Waals surface area contributed by atoms with E-state index in [0.717, 1.165) is 0 Å². The first-order chi connectivity index (χ1) is 8.34. The maximum atomic E-state index is 11.8. The van der Waals surface area contributed by atoms with Crippen LogP contribution in [0.1, 0.15) is 31.7 Å². The van der Waals surface area contributed by atoms with E-state index in [0.29, 0.717) is 12.2 Å². The van der Waals surface area contributed by atoms with Gasteiger partial charge in [-0.25, -0.2) is 4.98 Å². The van der Waals surface area contributed by atoms with Crippen LogP contribution >= 0.6 is 0 Å². The Balaban J connectivity index is 3.30. The monoisotopic (exact) mass is 255 g/mol. The highest BCUT2D eigenvalue weighted by atomic mass is 16.5. The average Bonchev–Trinajstić information content (AvgIpc) is 2.32. The van der Waals surface area contributed by atoms with Crippen molar-refractivity contribution in [2.45, 2.75) is 32.3 Å². The third-order valence-electron chi connectivity index (χ3n) is 3.00. The number of anilines is 1. The van der Waals surface area contributed by atoms with Gasteiger partial charge in [0.15, 0.2) is 0 Å². The number of aliphatic carboxylic acids is 1. The van der Waals surface area contributed by atoms with Crippen molar-refractivity contribution in [2.75, 3.05) is 12.8 Å². The predicted molar refractivity (Wildman–Crippen MR) is 65.3 cm³/mol. The van der Waals surface area contributed by atoms with E-state index in [2.05, 4.69) is 9.97 Å². The number of rotatable bonds is 5. The zero-order chi connectivity index (χ0) is 13.9. The molecule has 0 radical (unpaired) electrons. The second kappa shape index (κ2) is 5.18. The lowest BCUT2D eigenvalue weighted by Crippen LogP contribution is -2.31. The summed E-state index contributed by atoms with van der Waals surface area (Å²) >= 11 is 0. The summed E-state index contributed by atoms with van der Waals surface area (Å²) in [6.45, 7) is 3.65. The van der Waals surface area contributed by atoms with Crippen LogP contribution in [0.3, 0.4) is 0 Å². The lowest BCUT2D eigenvalue weighted by molar-refractivity contribution is -0.136. The van der Waals surface area contributed by atoms with Crippen LogP contribution in [0.5, 0.6) is 0 Å². The van der Waals surface area contributed by atoms with Crippen LogP contribution in [0.2, 0.25) is 0 Å². The van der Waals surface area contributed by atoms with Crippen LogP contribution in [0.25, 0.3) is 0 Å². The first kappa shape index (κ1) is 14.2. The zero-order valence-corrected chi connectivity index (χ0v) is 10.6. The lowest BCUT2D eigenvalue weighted by Gasteiger charge is -2.25. The Morgan fingerprint density at radius 2 is 2.22 bits per heavy atom. The Hall–Kier alpha value is -1.89. The molecule has 1 unspecified atom stereocenters. The number of aromatic nitrogens is 2. The second-order valence-electron chi connectivity index (χ2n) is 4.14. The van der Waals surface area contributed by atoms with Crippen molar-refractivity contribution in [2.24, 2.45) is 0 Å². The molecule has 0 amide bonds. The van der Waals surface area contributed by atoms with Gasteiger partial charge in [-0.2, -0.15) is 0 Å². The molecule has 1 heterocycles. The number of carbonyl (C=O) groups is 1. The van der Waals surface area contributed by atoms with Crippen molar-refractivity contribution in [1.82, 2.24) is 9.97 Å². The van der Waals surface area contributed by atoms with Crippen LogP contribution in [0, 0.1) is 0 Å². The highest BCUT2D eigenvalue weighted by Crippen LogP contribution is 2.25. The van der Waals surface area contributed by atoms with E-state index < -0.39 is 23.6 Å². The third kappa shape index (κ3) is 2.67. The van der Waals surface area contributed by atoms with Crippen LogP contribution in [-0.2, 0) is 21.6 Å². The summed E-state index contributed by atoms with van der Waals surface area (Å²) in [5.41, 5.74) is 4.29. The topological polar surface area (TPSA) is 118 Å². The van der Waals surface area contributed by atoms with Gasteiger partial charge in [-0.1, -0.05) is 6.92 Å². The van der Waals surface area contributed by atoms with Gasteiger partial charge in [0.2, 0.25) is 0 Å². The number of carboxylic acids is 1. The normalized spacial score (nSPS) is 14.2. The Labute approximate surface area is 104 Å². The molecule has 0 bridgehead atoms. The number of nitrogens with zero attached hydrogens (tertiary/aromatic N) is 1. The summed E-state index contributed by atoms with van der Waals surface area (Å²) in [6.07, 6.45) is 0.133. The molecule has 7 nitrogen and oxygen atoms in total. The molecule has 0 aliphatic carbocycles. The molecule has 18 heavy (non-hydrogen) atoms. The highest BCUT2D eigenvalue weighted by molar-refractivity contribution is 5.71. The highest BCUT2D eigenvalue weighted by Gasteiger charge is 2.28. The smallest absolute Gasteiger partial charge is 0.308 e. The average molecular weight is 255 g/mol. The van der Waals surface area contributed by atoms with Gasteiger partial charge < -0.3 is 20.6 Å². The summed E-state index contributed by atoms with van der Waals surface area (Å²) in [5, 5.41) is 8.68. The van der Waals surface area contributed by atoms with Crippen molar-refractivity contribution < 1.29 is 14.6 Å². The first-order valence-corrected chi connectivity index (χ1v) is 5.50. The Bertz CT molecular complexity index is 506. The Kier molecular flexibility index (Phi) is 4.07. The summed E-state index contributed by atoms with van der Waals surface area (Å²) in [4.78, 5) is 29.0. The maximum absolute atomic E-state index is 11.8. The van der Waals surface area contributed by atoms with Gasteiger partial charge >= 0.3 is 5.97 Å². The third-order valence-corrected chi connectivity index (χ3v) is 3.00. The fourth-order valence-electron chi connectivity index (χ4n) is 1.50. The zero-order valence-electron chi connectivity index (χ0n) is 10.6. The number of aromatic amines is 1. The minimum Gasteiger partial charge on any atom is -0.481 e. The number of nitrogens with two attached hydrogens (primary N) is 1. The van der Waals surface area contributed by atoms with Crippen molar-refractivity contribution >= 4 is 11.8 Å². The van der Waals surface area contributed by atoms with Crippen molar-refractivity contribution in [3.05, 3.63) is 21.7 Å². The van der Waals surface area contributed by atoms with E-state index in [9.17, 15) is 9.59 Å². The molecule has 1 aromatic rings. The standard InChI is InChI=1S/C11H17N3O4/c1-4-11(2,18-3)10-13-8(12)6(5-7(15)16)9(17)14-10/h4-5H2,1-3H3,(H,15,16)(H3,12,13,14,17). The van der Waals surface area contributed by atoms with E-state index in [-0.39, 0.29) is 11.4 Å². The van der Waals surface area contributed by atoms with Gasteiger partial charge in [0.1, 0.15) is 17.2 Å². The fraction of sp³-hybridized carbons (Fsp3) is 0.545. The minimum atomic E-state index is -1.13. The Morgan fingerprint density at radius 3 is 2.61 bits per heavy atom. The molecule has 1 atom stereocenters. The number of hydrogen-bond donors (Lipinski definition) is 3.